The minimum atomic E-state index is -4.09. The fourth-order valence-electron chi connectivity index (χ4n) is 3.24. The van der Waals surface area contributed by atoms with E-state index in [0.717, 1.165) is 25.9 Å². The van der Waals surface area contributed by atoms with E-state index < -0.39 is 12.1 Å². The maximum absolute atomic E-state index is 12.9. The molecule has 0 amide bonds. The third-order valence-electron chi connectivity index (χ3n) is 4.58. The van der Waals surface area contributed by atoms with Crippen molar-refractivity contribution < 1.29 is 17.9 Å². The van der Waals surface area contributed by atoms with Crippen LogP contribution in [-0.2, 0) is 4.74 Å². The third-order valence-corrected chi connectivity index (χ3v) is 4.58. The van der Waals surface area contributed by atoms with Crippen LogP contribution in [0.4, 0.5) is 13.2 Å². The van der Waals surface area contributed by atoms with Crippen molar-refractivity contribution in [3.05, 3.63) is 11.6 Å². The van der Waals surface area contributed by atoms with Crippen molar-refractivity contribution in [3.63, 3.8) is 0 Å². The van der Waals surface area contributed by atoms with Gasteiger partial charge >= 0.3 is 6.18 Å². The summed E-state index contributed by atoms with van der Waals surface area (Å²) in [5.41, 5.74) is 1.34. The smallest absolute Gasteiger partial charge is 0.377 e. The van der Waals surface area contributed by atoms with E-state index in [1.807, 2.05) is 6.92 Å². The van der Waals surface area contributed by atoms with Crippen molar-refractivity contribution in [1.82, 2.24) is 10.6 Å². The van der Waals surface area contributed by atoms with Crippen LogP contribution in [0.3, 0.4) is 0 Å². The number of alkyl halides is 3. The third kappa shape index (κ3) is 8.15. The molecule has 1 aliphatic carbocycles. The van der Waals surface area contributed by atoms with Gasteiger partial charge in [0.25, 0.3) is 0 Å². The normalized spacial score (nSPS) is 25.0. The summed E-state index contributed by atoms with van der Waals surface area (Å²) < 4.78 is 44.0. The molecule has 0 bridgehead atoms. The lowest BCUT2D eigenvalue weighted by Gasteiger charge is -2.32. The molecule has 0 saturated heterocycles. The Morgan fingerprint density at radius 1 is 1.36 bits per heavy atom. The van der Waals surface area contributed by atoms with Crippen LogP contribution < -0.4 is 10.6 Å². The van der Waals surface area contributed by atoms with Crippen molar-refractivity contribution in [2.45, 2.75) is 57.7 Å². The van der Waals surface area contributed by atoms with Crippen molar-refractivity contribution in [1.29, 1.82) is 0 Å². The van der Waals surface area contributed by atoms with Crippen molar-refractivity contribution in [2.75, 3.05) is 26.3 Å². The average molecular weight is 475 g/mol. The van der Waals surface area contributed by atoms with Crippen molar-refractivity contribution in [2.24, 2.45) is 10.9 Å². The van der Waals surface area contributed by atoms with Gasteiger partial charge in [0.2, 0.25) is 0 Å². The molecule has 1 heterocycles. The maximum Gasteiger partial charge on any atom is 0.391 e. The fraction of sp³-hybridized carbons (Fsp3) is 0.824. The molecule has 0 aromatic rings. The molecule has 25 heavy (non-hydrogen) atoms. The lowest BCUT2D eigenvalue weighted by Crippen LogP contribution is -2.46. The molecule has 2 N–H and O–H groups in total. The van der Waals surface area contributed by atoms with Crippen molar-refractivity contribution in [3.8, 4) is 0 Å². The predicted molar refractivity (Wildman–Crippen MR) is 104 cm³/mol. The van der Waals surface area contributed by atoms with Crippen LogP contribution in [0.2, 0.25) is 0 Å². The molecule has 0 aromatic carbocycles. The number of nitrogens with one attached hydrogen (secondary N) is 2. The summed E-state index contributed by atoms with van der Waals surface area (Å²) >= 11 is 0. The Morgan fingerprint density at radius 2 is 2.16 bits per heavy atom. The predicted octanol–water partition coefficient (Wildman–Crippen LogP) is 4.02. The van der Waals surface area contributed by atoms with E-state index in [9.17, 15) is 13.2 Å². The van der Waals surface area contributed by atoms with Crippen LogP contribution in [0.5, 0.6) is 0 Å². The number of halogens is 4. The zero-order valence-electron chi connectivity index (χ0n) is 14.7. The number of nitrogens with zero attached hydrogens (tertiary/aromatic N) is 1. The van der Waals surface area contributed by atoms with E-state index in [2.05, 4.69) is 21.7 Å². The van der Waals surface area contributed by atoms with Crippen LogP contribution >= 0.6 is 24.0 Å². The summed E-state index contributed by atoms with van der Waals surface area (Å²) in [6.07, 6.45) is 1.56. The first-order chi connectivity index (χ1) is 11.5. The molecule has 1 aliphatic heterocycles. The van der Waals surface area contributed by atoms with Gasteiger partial charge in [-0.3, -0.25) is 4.99 Å². The highest BCUT2D eigenvalue weighted by molar-refractivity contribution is 14.0. The molecule has 0 aromatic heterocycles. The minimum absolute atomic E-state index is 0. The zero-order valence-corrected chi connectivity index (χ0v) is 17.0. The van der Waals surface area contributed by atoms with Gasteiger partial charge in [0.1, 0.15) is 0 Å². The zero-order chi connectivity index (χ0) is 17.4. The molecular formula is C17H29F3IN3O. The molecule has 2 aliphatic rings. The molecule has 1 fully saturated rings. The molecule has 4 nitrogen and oxygen atoms in total. The van der Waals surface area contributed by atoms with Crippen molar-refractivity contribution >= 4 is 29.9 Å². The Balaban J connectivity index is 0.00000312. The van der Waals surface area contributed by atoms with E-state index in [1.54, 1.807) is 0 Å². The largest absolute Gasteiger partial charge is 0.391 e. The Hall–Kier alpha value is -0.510. The van der Waals surface area contributed by atoms with E-state index in [1.165, 1.54) is 5.57 Å². The average Bonchev–Trinajstić information content (AvgIpc) is 2.55. The lowest BCUT2D eigenvalue weighted by atomic mass is 9.85. The van der Waals surface area contributed by atoms with Gasteiger partial charge in [-0.05, 0) is 39.0 Å². The Labute approximate surface area is 165 Å². The number of guanidine groups is 1. The van der Waals surface area contributed by atoms with Crippen LogP contribution in [0, 0.1) is 5.92 Å². The Bertz CT molecular complexity index is 455. The standard InChI is InChI=1S/C17H28F3N3O.HI/c1-2-21-16(22-9-6-13-7-10-24-11-8-13)23-15-5-3-4-14(12-15)17(18,19)20;/h7,14-15H,2-6,8-12H2,1H3,(H2,21,22,23);1H. The minimum Gasteiger partial charge on any atom is -0.377 e. The topological polar surface area (TPSA) is 45.7 Å². The monoisotopic (exact) mass is 475 g/mol. The second-order valence-electron chi connectivity index (χ2n) is 6.44. The first kappa shape index (κ1) is 22.5. The van der Waals surface area contributed by atoms with Crippen LogP contribution in [0.15, 0.2) is 16.6 Å². The number of ether oxygens (including phenoxy) is 1. The molecule has 8 heteroatoms. The van der Waals surface area contributed by atoms with E-state index in [0.29, 0.717) is 32.1 Å². The van der Waals surface area contributed by atoms with Gasteiger partial charge in [-0.2, -0.15) is 13.2 Å². The summed E-state index contributed by atoms with van der Waals surface area (Å²) in [7, 11) is 0. The van der Waals surface area contributed by atoms with E-state index >= 15 is 0 Å². The van der Waals surface area contributed by atoms with Crippen LogP contribution in [0.1, 0.15) is 45.4 Å². The lowest BCUT2D eigenvalue weighted by molar-refractivity contribution is -0.183. The van der Waals surface area contributed by atoms with Crippen LogP contribution in [-0.4, -0.2) is 44.5 Å². The van der Waals surface area contributed by atoms with Gasteiger partial charge in [-0.15, -0.1) is 24.0 Å². The summed E-state index contributed by atoms with van der Waals surface area (Å²) in [6.45, 7) is 4.71. The summed E-state index contributed by atoms with van der Waals surface area (Å²) in [4.78, 5) is 4.52. The highest BCUT2D eigenvalue weighted by Crippen LogP contribution is 2.37. The Morgan fingerprint density at radius 3 is 2.80 bits per heavy atom. The molecule has 1 saturated carbocycles. The first-order valence-electron chi connectivity index (χ1n) is 8.86. The molecular weight excluding hydrogens is 446 g/mol. The highest BCUT2D eigenvalue weighted by atomic mass is 127. The quantitative estimate of drug-likeness (QED) is 0.274. The van der Waals surface area contributed by atoms with Gasteiger partial charge in [0, 0.05) is 19.1 Å². The number of rotatable bonds is 5. The van der Waals surface area contributed by atoms with Crippen LogP contribution in [0.25, 0.3) is 0 Å². The maximum atomic E-state index is 12.9. The molecule has 2 unspecified atom stereocenters. The molecule has 0 spiro atoms. The van der Waals surface area contributed by atoms with E-state index in [4.69, 9.17) is 4.74 Å². The molecule has 2 rings (SSSR count). The fourth-order valence-corrected chi connectivity index (χ4v) is 3.24. The summed E-state index contributed by atoms with van der Waals surface area (Å²) in [5.74, 6) is -0.572. The van der Waals surface area contributed by atoms with Gasteiger partial charge in [-0.25, -0.2) is 0 Å². The van der Waals surface area contributed by atoms with E-state index in [-0.39, 0.29) is 42.9 Å². The van der Waals surface area contributed by atoms with Gasteiger partial charge < -0.3 is 15.4 Å². The number of hydrogen-bond acceptors (Lipinski definition) is 2. The summed E-state index contributed by atoms with van der Waals surface area (Å²) in [6, 6.07) is -0.162. The molecule has 146 valence electrons. The Kier molecular flexibility index (Phi) is 10.1. The highest BCUT2D eigenvalue weighted by Gasteiger charge is 2.42. The van der Waals surface area contributed by atoms with Gasteiger partial charge in [-0.1, -0.05) is 18.1 Å². The van der Waals surface area contributed by atoms with Gasteiger partial charge in [0.05, 0.1) is 19.1 Å². The number of aliphatic imine (C=N–C) groups is 1. The first-order valence-corrected chi connectivity index (χ1v) is 8.86. The molecule has 0 radical (unpaired) electrons. The summed E-state index contributed by atoms with van der Waals surface area (Å²) in [5, 5.41) is 6.33. The van der Waals surface area contributed by atoms with Gasteiger partial charge in [0.15, 0.2) is 5.96 Å². The second-order valence-corrected chi connectivity index (χ2v) is 6.44. The second kappa shape index (κ2) is 11.3. The molecule has 2 atom stereocenters. The number of hydrogen-bond donors (Lipinski definition) is 2. The SMILES string of the molecule is CCNC(=NCCC1=CCOCC1)NC1CCCC(C(F)(F)F)C1.I.